The molecule has 0 amide bonds. The van der Waals surface area contributed by atoms with E-state index in [0.717, 1.165) is 12.0 Å². The summed E-state index contributed by atoms with van der Waals surface area (Å²) in [6, 6.07) is -0.211. The summed E-state index contributed by atoms with van der Waals surface area (Å²) >= 11 is 0. The lowest BCUT2D eigenvalue weighted by molar-refractivity contribution is 0.0762. The second-order valence-electron chi connectivity index (χ2n) is 3.50. The highest BCUT2D eigenvalue weighted by atomic mass is 16.5. The summed E-state index contributed by atoms with van der Waals surface area (Å²) in [5, 5.41) is 3.02. The van der Waals surface area contributed by atoms with Gasteiger partial charge in [0.15, 0.2) is 0 Å². The first-order chi connectivity index (χ1) is 6.86. The van der Waals surface area contributed by atoms with Gasteiger partial charge in [0.1, 0.15) is 18.1 Å². The van der Waals surface area contributed by atoms with E-state index < -0.39 is 0 Å². The molecule has 5 heteroatoms. The number of aromatic nitrogens is 2. The first kappa shape index (κ1) is 8.02. The van der Waals surface area contributed by atoms with Crippen LogP contribution >= 0.6 is 0 Å². The van der Waals surface area contributed by atoms with Gasteiger partial charge in [-0.25, -0.2) is 9.97 Å². The Morgan fingerprint density at radius 2 is 2.50 bits per heavy atom. The van der Waals surface area contributed by atoms with Gasteiger partial charge in [0.25, 0.3) is 0 Å². The molecule has 2 heterocycles. The number of Topliss-reactive ketones (excluding diaryl/α,β-unsaturated/α-hetero) is 1. The number of fused-ring (bicyclic) bond motifs is 2. The molecule has 1 saturated heterocycles. The lowest BCUT2D eigenvalue weighted by atomic mass is 9.90. The van der Waals surface area contributed by atoms with Crippen LogP contribution in [-0.4, -0.2) is 34.6 Å². The summed E-state index contributed by atoms with van der Waals surface area (Å²) in [5.74, 6) is 0.0242. The first-order valence-electron chi connectivity index (χ1n) is 4.54. The van der Waals surface area contributed by atoms with E-state index in [1.165, 1.54) is 6.33 Å². The molecule has 0 aromatic carbocycles. The van der Waals surface area contributed by atoms with Crippen molar-refractivity contribution in [2.75, 3.05) is 6.73 Å². The van der Waals surface area contributed by atoms with E-state index in [0.29, 0.717) is 12.4 Å². The topological polar surface area (TPSA) is 64.1 Å². The molecule has 0 saturated carbocycles. The predicted molar refractivity (Wildman–Crippen MR) is 46.7 cm³/mol. The number of ether oxygens (including phenoxy) is 1. The van der Waals surface area contributed by atoms with Gasteiger partial charge in [-0.15, -0.1) is 0 Å². The van der Waals surface area contributed by atoms with E-state index >= 15 is 0 Å². The Morgan fingerprint density at radius 3 is 3.43 bits per heavy atom. The molecule has 1 fully saturated rings. The molecule has 1 aromatic rings. The number of hydrogen-bond donors (Lipinski definition) is 1. The number of nitrogens with zero attached hydrogens (tertiary/aromatic N) is 2. The van der Waals surface area contributed by atoms with Crippen LogP contribution in [0.2, 0.25) is 0 Å². The minimum absolute atomic E-state index is 0.0242. The average molecular weight is 191 g/mol. The normalized spacial score (nSPS) is 29.9. The van der Waals surface area contributed by atoms with Crippen molar-refractivity contribution in [2.24, 2.45) is 0 Å². The van der Waals surface area contributed by atoms with Crippen LogP contribution in [-0.2, 0) is 11.2 Å². The SMILES string of the molecule is O=C1c2ncncc2CC2OCNC12. The number of ketones is 1. The van der Waals surface area contributed by atoms with Gasteiger partial charge < -0.3 is 4.74 Å². The fourth-order valence-electron chi connectivity index (χ4n) is 2.00. The minimum Gasteiger partial charge on any atom is -0.361 e. The third kappa shape index (κ3) is 0.995. The third-order valence-corrected chi connectivity index (χ3v) is 2.70. The van der Waals surface area contributed by atoms with Crippen molar-refractivity contribution in [1.82, 2.24) is 15.3 Å². The van der Waals surface area contributed by atoms with Gasteiger partial charge in [-0.05, 0) is 0 Å². The van der Waals surface area contributed by atoms with E-state index in [9.17, 15) is 4.79 Å². The van der Waals surface area contributed by atoms with Crippen LogP contribution in [0.3, 0.4) is 0 Å². The maximum atomic E-state index is 11.9. The van der Waals surface area contributed by atoms with Crippen LogP contribution in [0.15, 0.2) is 12.5 Å². The summed E-state index contributed by atoms with van der Waals surface area (Å²) < 4.78 is 5.40. The van der Waals surface area contributed by atoms with Gasteiger partial charge in [-0.1, -0.05) is 0 Å². The largest absolute Gasteiger partial charge is 0.361 e. The lowest BCUT2D eigenvalue weighted by Gasteiger charge is -2.23. The molecular formula is C9H9N3O2. The van der Waals surface area contributed by atoms with Gasteiger partial charge in [-0.3, -0.25) is 10.1 Å². The van der Waals surface area contributed by atoms with E-state index in [4.69, 9.17) is 4.74 Å². The fraction of sp³-hybridized carbons (Fsp3) is 0.444. The Morgan fingerprint density at radius 1 is 1.57 bits per heavy atom. The molecule has 0 radical (unpaired) electrons. The zero-order valence-corrected chi connectivity index (χ0v) is 7.43. The number of carbonyl (C=O) groups is 1. The van der Waals surface area contributed by atoms with Crippen LogP contribution < -0.4 is 5.32 Å². The molecule has 2 atom stereocenters. The van der Waals surface area contributed by atoms with E-state index in [1.54, 1.807) is 6.20 Å². The molecule has 72 valence electrons. The third-order valence-electron chi connectivity index (χ3n) is 2.70. The minimum atomic E-state index is -0.211. The molecule has 1 aliphatic heterocycles. The van der Waals surface area contributed by atoms with Gasteiger partial charge >= 0.3 is 0 Å². The maximum Gasteiger partial charge on any atom is 0.201 e. The molecule has 1 aromatic heterocycles. The fourth-order valence-corrected chi connectivity index (χ4v) is 2.00. The van der Waals surface area contributed by atoms with Crippen LogP contribution in [0.4, 0.5) is 0 Å². The van der Waals surface area contributed by atoms with Crippen LogP contribution in [0, 0.1) is 0 Å². The molecular weight excluding hydrogens is 182 g/mol. The average Bonchev–Trinajstić information content (AvgIpc) is 2.66. The zero-order chi connectivity index (χ0) is 9.54. The number of rotatable bonds is 0. The molecule has 3 rings (SSSR count). The Hall–Kier alpha value is -1.33. The quantitative estimate of drug-likeness (QED) is 0.600. The van der Waals surface area contributed by atoms with Crippen molar-refractivity contribution >= 4 is 5.78 Å². The van der Waals surface area contributed by atoms with Gasteiger partial charge in [-0.2, -0.15) is 0 Å². The Kier molecular flexibility index (Phi) is 1.62. The van der Waals surface area contributed by atoms with Crippen molar-refractivity contribution in [3.05, 3.63) is 23.8 Å². The van der Waals surface area contributed by atoms with Gasteiger partial charge in [0.2, 0.25) is 5.78 Å². The highest BCUT2D eigenvalue weighted by Gasteiger charge is 2.40. The molecule has 1 N–H and O–H groups in total. The smallest absolute Gasteiger partial charge is 0.201 e. The Labute approximate surface area is 80.5 Å². The Bertz CT molecular complexity index is 393. The van der Waals surface area contributed by atoms with Crippen molar-refractivity contribution in [3.63, 3.8) is 0 Å². The summed E-state index contributed by atoms with van der Waals surface area (Å²) in [5.41, 5.74) is 1.43. The highest BCUT2D eigenvalue weighted by molar-refractivity contribution is 6.01. The monoisotopic (exact) mass is 191 g/mol. The van der Waals surface area contributed by atoms with Crippen molar-refractivity contribution in [1.29, 1.82) is 0 Å². The molecule has 5 nitrogen and oxygen atoms in total. The van der Waals surface area contributed by atoms with E-state index in [1.807, 2.05) is 0 Å². The summed E-state index contributed by atoms with van der Waals surface area (Å²) in [7, 11) is 0. The highest BCUT2D eigenvalue weighted by Crippen LogP contribution is 2.23. The van der Waals surface area contributed by atoms with Gasteiger partial charge in [0, 0.05) is 18.2 Å². The van der Waals surface area contributed by atoms with E-state index in [2.05, 4.69) is 15.3 Å². The number of nitrogens with one attached hydrogen (secondary N) is 1. The summed E-state index contributed by atoms with van der Waals surface area (Å²) in [6.07, 6.45) is 3.78. The molecule has 14 heavy (non-hydrogen) atoms. The van der Waals surface area contributed by atoms with Crippen molar-refractivity contribution in [2.45, 2.75) is 18.6 Å². The molecule has 0 bridgehead atoms. The maximum absolute atomic E-state index is 11.9. The molecule has 2 aliphatic rings. The van der Waals surface area contributed by atoms with Gasteiger partial charge in [0.05, 0.1) is 12.8 Å². The summed E-state index contributed by atoms with van der Waals surface area (Å²) in [4.78, 5) is 19.8. The predicted octanol–water partition coefficient (Wildman–Crippen LogP) is -0.470. The zero-order valence-electron chi connectivity index (χ0n) is 7.43. The summed E-state index contributed by atoms with van der Waals surface area (Å²) in [6.45, 7) is 0.447. The standard InChI is InChI=1S/C9H9N3O2/c13-9-7-5(2-10-3-11-7)1-6-8(9)12-4-14-6/h2-3,6,8,12H,1,4H2. The van der Waals surface area contributed by atoms with Crippen LogP contribution in [0.25, 0.3) is 0 Å². The van der Waals surface area contributed by atoms with Crippen LogP contribution in [0.5, 0.6) is 0 Å². The van der Waals surface area contributed by atoms with Crippen LogP contribution in [0.1, 0.15) is 16.1 Å². The van der Waals surface area contributed by atoms with E-state index in [-0.39, 0.29) is 17.9 Å². The first-order valence-corrected chi connectivity index (χ1v) is 4.54. The van der Waals surface area contributed by atoms with Crippen molar-refractivity contribution in [3.8, 4) is 0 Å². The number of hydrogen-bond acceptors (Lipinski definition) is 5. The number of carbonyl (C=O) groups excluding carboxylic acids is 1. The molecule has 1 aliphatic carbocycles. The molecule has 2 unspecified atom stereocenters. The van der Waals surface area contributed by atoms with Crippen molar-refractivity contribution < 1.29 is 9.53 Å². The lowest BCUT2D eigenvalue weighted by Crippen LogP contribution is -2.44. The second-order valence-corrected chi connectivity index (χ2v) is 3.50. The Balaban J connectivity index is 2.08. The second kappa shape index (κ2) is 2.83. The molecule has 0 spiro atoms.